The Morgan fingerprint density at radius 1 is 1.45 bits per heavy atom. The van der Waals surface area contributed by atoms with Gasteiger partial charge in [-0.15, -0.1) is 0 Å². The van der Waals surface area contributed by atoms with Crippen LogP contribution >= 0.6 is 0 Å². The third-order valence-corrected chi connectivity index (χ3v) is 2.92. The van der Waals surface area contributed by atoms with E-state index in [1.165, 1.54) is 0 Å². The van der Waals surface area contributed by atoms with E-state index in [2.05, 4.69) is 6.58 Å². The van der Waals surface area contributed by atoms with Crippen molar-refractivity contribution in [3.05, 3.63) is 42.5 Å². The summed E-state index contributed by atoms with van der Waals surface area (Å²) in [5.41, 5.74) is 0.543. The zero-order chi connectivity index (χ0) is 15.0. The van der Waals surface area contributed by atoms with Crippen molar-refractivity contribution in [3.8, 4) is 5.75 Å². The molecule has 0 saturated heterocycles. The zero-order valence-corrected chi connectivity index (χ0v) is 12.2. The largest absolute Gasteiger partial charge is 0.489 e. The molecule has 0 aliphatic carbocycles. The van der Waals surface area contributed by atoms with E-state index < -0.39 is 0 Å². The maximum atomic E-state index is 12.6. The first kappa shape index (κ1) is 16.2. The Bertz CT molecular complexity index is 443. The molecule has 0 unspecified atom stereocenters. The van der Waals surface area contributed by atoms with Crippen LogP contribution in [-0.2, 0) is 0 Å². The van der Waals surface area contributed by atoms with Crippen LogP contribution in [-0.4, -0.2) is 41.7 Å². The first-order valence-electron chi connectivity index (χ1n) is 6.86. The van der Waals surface area contributed by atoms with Gasteiger partial charge in [-0.2, -0.15) is 0 Å². The van der Waals surface area contributed by atoms with Gasteiger partial charge in [0.2, 0.25) is 0 Å². The van der Waals surface area contributed by atoms with Crippen molar-refractivity contribution >= 4 is 5.91 Å². The number of aliphatic hydroxyl groups excluding tert-OH is 1. The SMILES string of the molecule is C=CCOc1ccccc1C(=O)N(CCCO)C(C)C. The molecule has 0 aliphatic rings. The van der Waals surface area contributed by atoms with Crippen LogP contribution in [0.25, 0.3) is 0 Å². The van der Waals surface area contributed by atoms with Gasteiger partial charge in [0.1, 0.15) is 12.4 Å². The summed E-state index contributed by atoms with van der Waals surface area (Å²) in [5, 5.41) is 8.95. The molecule has 4 heteroatoms. The molecule has 1 rings (SSSR count). The van der Waals surface area contributed by atoms with Crippen molar-refractivity contribution in [2.45, 2.75) is 26.3 Å². The number of amides is 1. The van der Waals surface area contributed by atoms with Crippen molar-refractivity contribution in [3.63, 3.8) is 0 Å². The molecule has 0 spiro atoms. The van der Waals surface area contributed by atoms with E-state index in [1.807, 2.05) is 26.0 Å². The molecule has 0 radical (unpaired) electrons. The Kier molecular flexibility index (Phi) is 6.81. The fraction of sp³-hybridized carbons (Fsp3) is 0.438. The van der Waals surface area contributed by atoms with E-state index in [0.29, 0.717) is 30.9 Å². The quantitative estimate of drug-likeness (QED) is 0.743. The maximum Gasteiger partial charge on any atom is 0.257 e. The minimum atomic E-state index is -0.0758. The Hall–Kier alpha value is -1.81. The summed E-state index contributed by atoms with van der Waals surface area (Å²) >= 11 is 0. The Morgan fingerprint density at radius 2 is 2.15 bits per heavy atom. The van der Waals surface area contributed by atoms with Gasteiger partial charge in [-0.05, 0) is 32.4 Å². The Labute approximate surface area is 120 Å². The smallest absolute Gasteiger partial charge is 0.257 e. The number of aliphatic hydroxyl groups is 1. The summed E-state index contributed by atoms with van der Waals surface area (Å²) in [6.07, 6.45) is 2.22. The van der Waals surface area contributed by atoms with Crippen LogP contribution in [0.5, 0.6) is 5.75 Å². The summed E-state index contributed by atoms with van der Waals surface area (Å²) in [5.74, 6) is 0.486. The molecule has 0 fully saturated rings. The molecular weight excluding hydrogens is 254 g/mol. The van der Waals surface area contributed by atoms with Gasteiger partial charge >= 0.3 is 0 Å². The molecule has 0 atom stereocenters. The van der Waals surface area contributed by atoms with Crippen molar-refractivity contribution < 1.29 is 14.6 Å². The third kappa shape index (κ3) is 4.38. The fourth-order valence-corrected chi connectivity index (χ4v) is 1.91. The van der Waals surface area contributed by atoms with Crippen molar-refractivity contribution in [1.82, 2.24) is 4.90 Å². The van der Waals surface area contributed by atoms with Crippen LogP contribution in [0.1, 0.15) is 30.6 Å². The van der Waals surface area contributed by atoms with Gasteiger partial charge in [0.15, 0.2) is 0 Å². The van der Waals surface area contributed by atoms with Gasteiger partial charge in [-0.25, -0.2) is 0 Å². The lowest BCUT2D eigenvalue weighted by Gasteiger charge is -2.27. The second-order valence-electron chi connectivity index (χ2n) is 4.77. The number of nitrogens with zero attached hydrogens (tertiary/aromatic N) is 1. The van der Waals surface area contributed by atoms with Crippen LogP contribution in [0.4, 0.5) is 0 Å². The molecule has 0 bridgehead atoms. The lowest BCUT2D eigenvalue weighted by molar-refractivity contribution is 0.0689. The second kappa shape index (κ2) is 8.38. The number of benzene rings is 1. The average molecular weight is 277 g/mol. The van der Waals surface area contributed by atoms with E-state index in [9.17, 15) is 4.79 Å². The summed E-state index contributed by atoms with van der Waals surface area (Å²) in [4.78, 5) is 14.4. The van der Waals surface area contributed by atoms with Gasteiger partial charge in [0, 0.05) is 19.2 Å². The van der Waals surface area contributed by atoms with Gasteiger partial charge < -0.3 is 14.7 Å². The van der Waals surface area contributed by atoms with E-state index >= 15 is 0 Å². The van der Waals surface area contributed by atoms with E-state index in [0.717, 1.165) is 0 Å². The molecule has 0 aromatic heterocycles. The number of hydrogen-bond donors (Lipinski definition) is 1. The first-order chi connectivity index (χ1) is 9.61. The highest BCUT2D eigenvalue weighted by Crippen LogP contribution is 2.21. The summed E-state index contributed by atoms with van der Waals surface area (Å²) in [6, 6.07) is 7.26. The standard InChI is InChI=1S/C16H23NO3/c1-4-12-20-15-9-6-5-8-14(15)16(19)17(13(2)3)10-7-11-18/h4-6,8-9,13,18H,1,7,10-12H2,2-3H3. The van der Waals surface area contributed by atoms with Crippen molar-refractivity contribution in [1.29, 1.82) is 0 Å². The zero-order valence-electron chi connectivity index (χ0n) is 12.2. The topological polar surface area (TPSA) is 49.8 Å². The third-order valence-electron chi connectivity index (χ3n) is 2.92. The van der Waals surface area contributed by atoms with Crippen LogP contribution < -0.4 is 4.74 Å². The molecule has 1 N–H and O–H groups in total. The van der Waals surface area contributed by atoms with Gasteiger partial charge in [-0.1, -0.05) is 24.8 Å². The predicted molar refractivity (Wildman–Crippen MR) is 80.0 cm³/mol. The van der Waals surface area contributed by atoms with E-state index in [1.54, 1.807) is 23.1 Å². The summed E-state index contributed by atoms with van der Waals surface area (Å²) in [6.45, 7) is 8.50. The van der Waals surface area contributed by atoms with Crippen molar-refractivity contribution in [2.75, 3.05) is 19.8 Å². The average Bonchev–Trinajstić information content (AvgIpc) is 2.45. The molecule has 1 aromatic rings. The number of carbonyl (C=O) groups is 1. The van der Waals surface area contributed by atoms with Crippen LogP contribution in [0.15, 0.2) is 36.9 Å². The molecule has 0 heterocycles. The molecular formula is C16H23NO3. The lowest BCUT2D eigenvalue weighted by atomic mass is 10.1. The molecule has 20 heavy (non-hydrogen) atoms. The van der Waals surface area contributed by atoms with Crippen LogP contribution in [0.2, 0.25) is 0 Å². The second-order valence-corrected chi connectivity index (χ2v) is 4.77. The minimum Gasteiger partial charge on any atom is -0.489 e. The molecule has 1 aromatic carbocycles. The Balaban J connectivity index is 2.95. The van der Waals surface area contributed by atoms with E-state index in [-0.39, 0.29) is 18.6 Å². The summed E-state index contributed by atoms with van der Waals surface area (Å²) in [7, 11) is 0. The van der Waals surface area contributed by atoms with Gasteiger partial charge in [0.25, 0.3) is 5.91 Å². The maximum absolute atomic E-state index is 12.6. The monoisotopic (exact) mass is 277 g/mol. The highest BCUT2D eigenvalue weighted by molar-refractivity contribution is 5.97. The van der Waals surface area contributed by atoms with E-state index in [4.69, 9.17) is 9.84 Å². The number of para-hydroxylation sites is 1. The number of rotatable bonds is 8. The molecule has 1 amide bonds. The molecule has 0 aliphatic heterocycles. The Morgan fingerprint density at radius 3 is 2.75 bits per heavy atom. The highest BCUT2D eigenvalue weighted by Gasteiger charge is 2.21. The minimum absolute atomic E-state index is 0.0708. The molecule has 110 valence electrons. The fourth-order valence-electron chi connectivity index (χ4n) is 1.91. The van der Waals surface area contributed by atoms with Crippen LogP contribution in [0, 0.1) is 0 Å². The summed E-state index contributed by atoms with van der Waals surface area (Å²) < 4.78 is 5.53. The lowest BCUT2D eigenvalue weighted by Crippen LogP contribution is -2.38. The number of hydrogen-bond acceptors (Lipinski definition) is 3. The number of ether oxygens (including phenoxy) is 1. The highest BCUT2D eigenvalue weighted by atomic mass is 16.5. The normalized spacial score (nSPS) is 10.4. The molecule has 0 saturated carbocycles. The van der Waals surface area contributed by atoms with Crippen LogP contribution in [0.3, 0.4) is 0 Å². The van der Waals surface area contributed by atoms with Crippen molar-refractivity contribution in [2.24, 2.45) is 0 Å². The van der Waals surface area contributed by atoms with Gasteiger partial charge in [-0.3, -0.25) is 4.79 Å². The van der Waals surface area contributed by atoms with Gasteiger partial charge in [0.05, 0.1) is 5.56 Å². The predicted octanol–water partition coefficient (Wildman–Crippen LogP) is 2.48. The molecule has 4 nitrogen and oxygen atoms in total. The number of carbonyl (C=O) groups excluding carboxylic acids is 1. The first-order valence-corrected chi connectivity index (χ1v) is 6.86.